The van der Waals surface area contributed by atoms with E-state index in [-0.39, 0.29) is 23.7 Å². The van der Waals surface area contributed by atoms with Crippen molar-refractivity contribution in [2.75, 3.05) is 13.7 Å². The predicted molar refractivity (Wildman–Crippen MR) is 120 cm³/mol. The maximum atomic E-state index is 12.9. The average molecular weight is 451 g/mol. The molecule has 9 heteroatoms. The number of ether oxygens (including phenoxy) is 1. The van der Waals surface area contributed by atoms with Gasteiger partial charge in [0, 0.05) is 6.54 Å². The van der Waals surface area contributed by atoms with Crippen molar-refractivity contribution in [1.82, 2.24) is 21.1 Å². The summed E-state index contributed by atoms with van der Waals surface area (Å²) in [6.45, 7) is 7.62. The zero-order valence-electron chi connectivity index (χ0n) is 19.8. The van der Waals surface area contributed by atoms with Gasteiger partial charge in [0.2, 0.25) is 11.8 Å². The number of rotatable bonds is 10. The number of esters is 1. The van der Waals surface area contributed by atoms with Crippen LogP contribution in [0.4, 0.5) is 0 Å². The normalized spacial score (nSPS) is 21.7. The highest BCUT2D eigenvalue weighted by molar-refractivity contribution is 5.92. The predicted octanol–water partition coefficient (Wildman–Crippen LogP) is 1.29. The second-order valence-electron chi connectivity index (χ2n) is 9.11. The quantitative estimate of drug-likeness (QED) is 0.341. The van der Waals surface area contributed by atoms with Gasteiger partial charge in [-0.15, -0.1) is 0 Å². The Balaban J connectivity index is 1.96. The highest BCUT2D eigenvalue weighted by atomic mass is 16.5. The summed E-state index contributed by atoms with van der Waals surface area (Å²) in [7, 11) is 1.31. The summed E-state index contributed by atoms with van der Waals surface area (Å²) < 4.78 is 4.75. The fourth-order valence-corrected chi connectivity index (χ4v) is 3.87. The Morgan fingerprint density at radius 3 is 2.34 bits per heavy atom. The zero-order valence-corrected chi connectivity index (χ0v) is 19.8. The van der Waals surface area contributed by atoms with E-state index in [0.29, 0.717) is 25.3 Å². The van der Waals surface area contributed by atoms with Crippen LogP contribution in [0.5, 0.6) is 0 Å². The molecule has 4 atom stereocenters. The van der Waals surface area contributed by atoms with Gasteiger partial charge >= 0.3 is 5.97 Å². The van der Waals surface area contributed by atoms with Crippen molar-refractivity contribution >= 4 is 23.7 Å². The van der Waals surface area contributed by atoms with Gasteiger partial charge in [0.25, 0.3) is 5.91 Å². The van der Waals surface area contributed by atoms with Gasteiger partial charge in [-0.3, -0.25) is 24.2 Å². The Morgan fingerprint density at radius 2 is 1.78 bits per heavy atom. The van der Waals surface area contributed by atoms with E-state index in [4.69, 9.17) is 4.74 Å². The third-order valence-electron chi connectivity index (χ3n) is 5.96. The number of amides is 3. The Bertz CT molecular complexity index is 719. The summed E-state index contributed by atoms with van der Waals surface area (Å²) in [5.74, 6) is -1.16. The molecule has 32 heavy (non-hydrogen) atoms. The zero-order chi connectivity index (χ0) is 23.8. The van der Waals surface area contributed by atoms with Crippen LogP contribution in [-0.4, -0.2) is 60.5 Å². The molecule has 3 amide bonds. The van der Waals surface area contributed by atoms with Gasteiger partial charge < -0.3 is 15.4 Å². The van der Waals surface area contributed by atoms with Gasteiger partial charge in [0.05, 0.1) is 13.0 Å². The maximum absolute atomic E-state index is 12.9. The third kappa shape index (κ3) is 7.32. The van der Waals surface area contributed by atoms with Crippen molar-refractivity contribution in [3.8, 4) is 0 Å². The summed E-state index contributed by atoms with van der Waals surface area (Å²) in [5, 5.41) is 6.97. The molecule has 1 aliphatic heterocycles. The summed E-state index contributed by atoms with van der Waals surface area (Å²) in [6.07, 6.45) is 8.07. The van der Waals surface area contributed by atoms with Crippen molar-refractivity contribution in [3.05, 3.63) is 12.2 Å². The van der Waals surface area contributed by atoms with Crippen LogP contribution in [0.15, 0.2) is 12.2 Å². The van der Waals surface area contributed by atoms with Gasteiger partial charge in [0.1, 0.15) is 18.1 Å². The molecule has 3 N–H and O–H groups in total. The van der Waals surface area contributed by atoms with E-state index in [0.717, 1.165) is 19.3 Å². The molecule has 2 aliphatic rings. The number of nitrogens with zero attached hydrogens (tertiary/aromatic N) is 1. The van der Waals surface area contributed by atoms with Crippen molar-refractivity contribution < 1.29 is 23.9 Å². The standard InChI is InChI=1S/C23H38N4O5/c1-6-8-17(13-16-10-11-16)20(28)25-19(14(2)3)21(29)24-15(4)22(30)27-12-7-9-18(26-27)23(31)32-5/h6,8,14-19,26H,7,9-13H2,1-5H3,(H,24,29)(H,25,28)/b8-6+/t15-,17-,18-,19-/m0/s1. The van der Waals surface area contributed by atoms with E-state index in [1.807, 2.05) is 32.9 Å². The first-order chi connectivity index (χ1) is 15.2. The fraction of sp³-hybridized carbons (Fsp3) is 0.739. The van der Waals surface area contributed by atoms with Gasteiger partial charge in [-0.05, 0) is 44.9 Å². The first-order valence-corrected chi connectivity index (χ1v) is 11.6. The largest absolute Gasteiger partial charge is 0.468 e. The molecule has 0 aromatic heterocycles. The van der Waals surface area contributed by atoms with Crippen LogP contribution in [0.2, 0.25) is 0 Å². The van der Waals surface area contributed by atoms with E-state index < -0.39 is 30.0 Å². The summed E-state index contributed by atoms with van der Waals surface area (Å²) >= 11 is 0. The van der Waals surface area contributed by atoms with E-state index in [9.17, 15) is 19.2 Å². The molecule has 1 saturated carbocycles. The number of hydrogen-bond donors (Lipinski definition) is 3. The highest BCUT2D eigenvalue weighted by Gasteiger charge is 2.34. The molecule has 0 bridgehead atoms. The van der Waals surface area contributed by atoms with Crippen molar-refractivity contribution in [1.29, 1.82) is 0 Å². The lowest BCUT2D eigenvalue weighted by atomic mass is 9.97. The molecule has 2 rings (SSSR count). The molecule has 1 aliphatic carbocycles. The van der Waals surface area contributed by atoms with E-state index in [1.54, 1.807) is 6.92 Å². The minimum absolute atomic E-state index is 0.148. The third-order valence-corrected chi connectivity index (χ3v) is 5.96. The molecule has 0 spiro atoms. The lowest BCUT2D eigenvalue weighted by Gasteiger charge is -2.34. The van der Waals surface area contributed by atoms with Gasteiger partial charge in [-0.2, -0.15) is 0 Å². The molecule has 0 aromatic rings. The number of hydrazine groups is 1. The minimum Gasteiger partial charge on any atom is -0.468 e. The second kappa shape index (κ2) is 12.0. The smallest absolute Gasteiger partial charge is 0.324 e. The highest BCUT2D eigenvalue weighted by Crippen LogP contribution is 2.35. The van der Waals surface area contributed by atoms with Crippen LogP contribution >= 0.6 is 0 Å². The molecule has 9 nitrogen and oxygen atoms in total. The molecule has 2 fully saturated rings. The van der Waals surface area contributed by atoms with E-state index in [1.165, 1.54) is 12.1 Å². The molecular weight excluding hydrogens is 412 g/mol. The molecule has 180 valence electrons. The average Bonchev–Trinajstić information content (AvgIpc) is 3.59. The lowest BCUT2D eigenvalue weighted by molar-refractivity contribution is -0.150. The van der Waals surface area contributed by atoms with Crippen LogP contribution in [0.3, 0.4) is 0 Å². The van der Waals surface area contributed by atoms with Crippen molar-refractivity contribution in [2.45, 2.75) is 77.9 Å². The second-order valence-corrected chi connectivity index (χ2v) is 9.11. The van der Waals surface area contributed by atoms with Crippen molar-refractivity contribution in [3.63, 3.8) is 0 Å². The number of nitrogens with one attached hydrogen (secondary N) is 3. The maximum Gasteiger partial charge on any atom is 0.324 e. The lowest BCUT2D eigenvalue weighted by Crippen LogP contribution is -2.61. The Morgan fingerprint density at radius 1 is 1.09 bits per heavy atom. The van der Waals surface area contributed by atoms with E-state index in [2.05, 4.69) is 16.1 Å². The first kappa shape index (κ1) is 25.8. The van der Waals surface area contributed by atoms with Crippen LogP contribution in [-0.2, 0) is 23.9 Å². The minimum atomic E-state index is -0.817. The van der Waals surface area contributed by atoms with E-state index >= 15 is 0 Å². The van der Waals surface area contributed by atoms with Crippen LogP contribution in [0.25, 0.3) is 0 Å². The summed E-state index contributed by atoms with van der Waals surface area (Å²) in [4.78, 5) is 50.4. The summed E-state index contributed by atoms with van der Waals surface area (Å²) in [5.41, 5.74) is 2.88. The number of carbonyl (C=O) groups excluding carboxylic acids is 4. The molecule has 1 heterocycles. The van der Waals surface area contributed by atoms with Gasteiger partial charge in [-0.1, -0.05) is 38.8 Å². The monoisotopic (exact) mass is 450 g/mol. The van der Waals surface area contributed by atoms with Crippen LogP contribution in [0, 0.1) is 17.8 Å². The molecule has 0 aromatic carbocycles. The van der Waals surface area contributed by atoms with Gasteiger partial charge in [0.15, 0.2) is 0 Å². The summed E-state index contributed by atoms with van der Waals surface area (Å²) in [6, 6.07) is -2.15. The number of methoxy groups -OCH3 is 1. The Labute approximate surface area is 190 Å². The number of hydrogen-bond acceptors (Lipinski definition) is 6. The number of carbonyl (C=O) groups is 4. The van der Waals surface area contributed by atoms with Gasteiger partial charge in [-0.25, -0.2) is 5.43 Å². The molecule has 0 unspecified atom stereocenters. The Kier molecular flexibility index (Phi) is 9.68. The Hall–Kier alpha value is -2.42. The fourth-order valence-electron chi connectivity index (χ4n) is 3.87. The molecular formula is C23H38N4O5. The van der Waals surface area contributed by atoms with Crippen molar-refractivity contribution in [2.24, 2.45) is 17.8 Å². The molecule has 0 radical (unpaired) electrons. The SMILES string of the molecule is C/C=C/[C@@H](CC1CC1)C(=O)N[C@H](C(=O)N[C@@H](C)C(=O)N1CCC[C@@H](C(=O)OC)N1)C(C)C. The van der Waals surface area contributed by atoms with Crippen LogP contribution < -0.4 is 16.1 Å². The first-order valence-electron chi connectivity index (χ1n) is 11.6. The number of allylic oxidation sites excluding steroid dienone is 1. The molecule has 1 saturated heterocycles. The topological polar surface area (TPSA) is 117 Å². The van der Waals surface area contributed by atoms with Crippen LogP contribution in [0.1, 0.15) is 59.8 Å².